The minimum Gasteiger partial charge on any atom is -0.383 e. The van der Waals surface area contributed by atoms with E-state index in [1.807, 2.05) is 0 Å². The Morgan fingerprint density at radius 1 is 1.36 bits per heavy atom. The lowest BCUT2D eigenvalue weighted by Crippen LogP contribution is -2.18. The van der Waals surface area contributed by atoms with E-state index in [2.05, 4.69) is 0 Å². The summed E-state index contributed by atoms with van der Waals surface area (Å²) in [7, 11) is 1.46. The van der Waals surface area contributed by atoms with Gasteiger partial charge in [0.15, 0.2) is 11.6 Å². The van der Waals surface area contributed by atoms with Crippen LogP contribution in [0.3, 0.4) is 0 Å². The first-order valence-corrected chi connectivity index (χ1v) is 4.27. The number of methoxy groups -OCH3 is 1. The summed E-state index contributed by atoms with van der Waals surface area (Å²) in [5.41, 5.74) is 6.02. The molecule has 1 rings (SSSR count). The standard InChI is InChI=1S/C10H13F2NO/c1-6-3-4-7(8(13)5-14-2)10(12)9(6)11/h3-4,8H,5,13H2,1-2H3/t8-/m0/s1. The molecular formula is C10H13F2NO. The fourth-order valence-electron chi connectivity index (χ4n) is 1.22. The molecule has 4 heteroatoms. The molecule has 0 radical (unpaired) electrons. The molecule has 0 bridgehead atoms. The summed E-state index contributed by atoms with van der Waals surface area (Å²) in [5, 5.41) is 0. The summed E-state index contributed by atoms with van der Waals surface area (Å²) in [5.74, 6) is -1.72. The largest absolute Gasteiger partial charge is 0.383 e. The quantitative estimate of drug-likeness (QED) is 0.810. The molecule has 0 spiro atoms. The Hall–Kier alpha value is -1.00. The van der Waals surface area contributed by atoms with Crippen molar-refractivity contribution in [1.82, 2.24) is 0 Å². The third-order valence-electron chi connectivity index (χ3n) is 2.05. The first-order chi connectivity index (χ1) is 6.57. The van der Waals surface area contributed by atoms with Gasteiger partial charge in [-0.1, -0.05) is 12.1 Å². The Labute approximate surface area is 81.7 Å². The Morgan fingerprint density at radius 2 is 2.00 bits per heavy atom. The number of aryl methyl sites for hydroxylation is 1. The van der Waals surface area contributed by atoms with Gasteiger partial charge in [0.25, 0.3) is 0 Å². The zero-order valence-corrected chi connectivity index (χ0v) is 8.18. The van der Waals surface area contributed by atoms with E-state index in [-0.39, 0.29) is 17.7 Å². The van der Waals surface area contributed by atoms with Gasteiger partial charge in [0.05, 0.1) is 12.6 Å². The van der Waals surface area contributed by atoms with Gasteiger partial charge in [-0.2, -0.15) is 0 Å². The molecule has 2 N–H and O–H groups in total. The molecule has 0 aliphatic heterocycles. The number of benzene rings is 1. The van der Waals surface area contributed by atoms with E-state index in [1.165, 1.54) is 26.2 Å². The van der Waals surface area contributed by atoms with Gasteiger partial charge in [0.2, 0.25) is 0 Å². The van der Waals surface area contributed by atoms with E-state index in [0.29, 0.717) is 0 Å². The van der Waals surface area contributed by atoms with Gasteiger partial charge in [-0.15, -0.1) is 0 Å². The van der Waals surface area contributed by atoms with Crippen LogP contribution < -0.4 is 5.73 Å². The zero-order chi connectivity index (χ0) is 10.7. The van der Waals surface area contributed by atoms with Crippen LogP contribution in [0.1, 0.15) is 17.2 Å². The monoisotopic (exact) mass is 201 g/mol. The highest BCUT2D eigenvalue weighted by molar-refractivity contribution is 5.27. The lowest BCUT2D eigenvalue weighted by Gasteiger charge is -2.12. The van der Waals surface area contributed by atoms with Gasteiger partial charge >= 0.3 is 0 Å². The van der Waals surface area contributed by atoms with Crippen LogP contribution in [0.15, 0.2) is 12.1 Å². The second-order valence-electron chi connectivity index (χ2n) is 3.16. The second-order valence-corrected chi connectivity index (χ2v) is 3.16. The highest BCUT2D eigenvalue weighted by Gasteiger charge is 2.16. The Balaban J connectivity index is 3.04. The molecule has 0 saturated heterocycles. The topological polar surface area (TPSA) is 35.2 Å². The summed E-state index contributed by atoms with van der Waals surface area (Å²) in [6.45, 7) is 1.67. The molecule has 0 heterocycles. The molecule has 0 fully saturated rings. The molecule has 0 saturated carbocycles. The zero-order valence-electron chi connectivity index (χ0n) is 8.18. The van der Waals surface area contributed by atoms with Crippen LogP contribution in [0, 0.1) is 18.6 Å². The highest BCUT2D eigenvalue weighted by atomic mass is 19.2. The van der Waals surface area contributed by atoms with Crippen LogP contribution in [-0.4, -0.2) is 13.7 Å². The minimum absolute atomic E-state index is 0.148. The fraction of sp³-hybridized carbons (Fsp3) is 0.400. The smallest absolute Gasteiger partial charge is 0.163 e. The number of rotatable bonds is 3. The van der Waals surface area contributed by atoms with Gasteiger partial charge in [0.1, 0.15) is 0 Å². The molecule has 0 aromatic heterocycles. The maximum Gasteiger partial charge on any atom is 0.163 e. The van der Waals surface area contributed by atoms with Crippen molar-refractivity contribution in [2.24, 2.45) is 5.73 Å². The van der Waals surface area contributed by atoms with Gasteiger partial charge in [0, 0.05) is 12.7 Å². The van der Waals surface area contributed by atoms with Crippen LogP contribution >= 0.6 is 0 Å². The lowest BCUT2D eigenvalue weighted by atomic mass is 10.1. The highest BCUT2D eigenvalue weighted by Crippen LogP contribution is 2.20. The van der Waals surface area contributed by atoms with Crippen molar-refractivity contribution in [1.29, 1.82) is 0 Å². The van der Waals surface area contributed by atoms with Gasteiger partial charge in [-0.05, 0) is 12.5 Å². The fourth-order valence-corrected chi connectivity index (χ4v) is 1.22. The Morgan fingerprint density at radius 3 is 2.57 bits per heavy atom. The molecule has 0 aliphatic carbocycles. The number of ether oxygens (including phenoxy) is 1. The van der Waals surface area contributed by atoms with Gasteiger partial charge in [-0.25, -0.2) is 8.78 Å². The number of hydrogen-bond acceptors (Lipinski definition) is 2. The third-order valence-corrected chi connectivity index (χ3v) is 2.05. The molecule has 1 aromatic rings. The molecule has 14 heavy (non-hydrogen) atoms. The van der Waals surface area contributed by atoms with Crippen molar-refractivity contribution in [3.05, 3.63) is 34.9 Å². The van der Waals surface area contributed by atoms with Crippen LogP contribution in [0.4, 0.5) is 8.78 Å². The summed E-state index contributed by atoms with van der Waals surface area (Å²) < 4.78 is 31.2. The lowest BCUT2D eigenvalue weighted by molar-refractivity contribution is 0.179. The van der Waals surface area contributed by atoms with Gasteiger partial charge < -0.3 is 10.5 Å². The van der Waals surface area contributed by atoms with Crippen molar-refractivity contribution < 1.29 is 13.5 Å². The predicted molar refractivity (Wildman–Crippen MR) is 49.9 cm³/mol. The van der Waals surface area contributed by atoms with Gasteiger partial charge in [-0.3, -0.25) is 0 Å². The number of nitrogens with two attached hydrogens (primary N) is 1. The molecule has 1 aromatic carbocycles. The summed E-state index contributed by atoms with van der Waals surface area (Å²) >= 11 is 0. The summed E-state index contributed by atoms with van der Waals surface area (Å²) in [6, 6.07) is 2.36. The first kappa shape index (κ1) is 11.1. The first-order valence-electron chi connectivity index (χ1n) is 4.27. The van der Waals surface area contributed by atoms with Crippen molar-refractivity contribution >= 4 is 0 Å². The molecule has 0 amide bonds. The molecule has 1 atom stereocenters. The maximum absolute atomic E-state index is 13.3. The van der Waals surface area contributed by atoms with Crippen LogP contribution in [0.25, 0.3) is 0 Å². The SMILES string of the molecule is COC[C@H](N)c1ccc(C)c(F)c1F. The summed E-state index contributed by atoms with van der Waals surface area (Å²) in [6.07, 6.45) is 0. The summed E-state index contributed by atoms with van der Waals surface area (Å²) in [4.78, 5) is 0. The van der Waals surface area contributed by atoms with E-state index in [9.17, 15) is 8.78 Å². The normalized spacial score (nSPS) is 12.9. The van der Waals surface area contributed by atoms with E-state index in [4.69, 9.17) is 10.5 Å². The van der Waals surface area contributed by atoms with Crippen molar-refractivity contribution in [3.63, 3.8) is 0 Å². The van der Waals surface area contributed by atoms with E-state index in [1.54, 1.807) is 0 Å². The van der Waals surface area contributed by atoms with E-state index >= 15 is 0 Å². The Bertz CT molecular complexity index is 328. The maximum atomic E-state index is 13.3. The number of hydrogen-bond donors (Lipinski definition) is 1. The minimum atomic E-state index is -0.880. The van der Waals surface area contributed by atoms with Crippen molar-refractivity contribution in [2.75, 3.05) is 13.7 Å². The van der Waals surface area contributed by atoms with Crippen LogP contribution in [-0.2, 0) is 4.74 Å². The molecule has 2 nitrogen and oxygen atoms in total. The van der Waals surface area contributed by atoms with E-state index in [0.717, 1.165) is 0 Å². The number of halogens is 2. The second kappa shape index (κ2) is 4.48. The average molecular weight is 201 g/mol. The van der Waals surface area contributed by atoms with Crippen molar-refractivity contribution in [2.45, 2.75) is 13.0 Å². The molecule has 0 aliphatic rings. The average Bonchev–Trinajstić information content (AvgIpc) is 2.15. The predicted octanol–water partition coefficient (Wildman–Crippen LogP) is 1.92. The van der Waals surface area contributed by atoms with Crippen molar-refractivity contribution in [3.8, 4) is 0 Å². The van der Waals surface area contributed by atoms with Crippen LogP contribution in [0.2, 0.25) is 0 Å². The molecule has 0 unspecified atom stereocenters. The Kier molecular flexibility index (Phi) is 3.55. The molecular weight excluding hydrogens is 188 g/mol. The third kappa shape index (κ3) is 2.08. The van der Waals surface area contributed by atoms with Crippen LogP contribution in [0.5, 0.6) is 0 Å². The van der Waals surface area contributed by atoms with E-state index < -0.39 is 17.7 Å². The molecule has 78 valence electrons.